The van der Waals surface area contributed by atoms with E-state index in [1.54, 1.807) is 0 Å². The number of aliphatic hydroxyl groups is 3. The van der Waals surface area contributed by atoms with E-state index in [-0.39, 0.29) is 18.7 Å². The third-order valence-corrected chi connectivity index (χ3v) is 21.4. The van der Waals surface area contributed by atoms with E-state index < -0.39 is 44.7 Å². The van der Waals surface area contributed by atoms with E-state index in [0.29, 0.717) is 104 Å². The molecule has 1 aromatic rings. The average molecular weight is 1050 g/mol. The Morgan fingerprint density at radius 2 is 0.929 bits per heavy atom. The Morgan fingerprint density at radius 3 is 1.40 bits per heavy atom. The second-order valence-electron chi connectivity index (χ2n) is 17.7. The van der Waals surface area contributed by atoms with Gasteiger partial charge in [-0.2, -0.15) is 0 Å². The van der Waals surface area contributed by atoms with Crippen LogP contribution < -0.4 is 20.7 Å². The Labute approximate surface area is 429 Å². The molecule has 414 valence electrons. The normalized spacial score (nSPS) is 14.8. The fourth-order valence-electron chi connectivity index (χ4n) is 8.88. The van der Waals surface area contributed by atoms with E-state index in [4.69, 9.17) is 44.6 Å². The Kier molecular flexibility index (Phi) is 40.6. The van der Waals surface area contributed by atoms with Gasteiger partial charge in [-0.05, 0) is 151 Å². The largest absolute Gasteiger partial charge is 0.500 e. The highest BCUT2D eigenvalue weighted by Gasteiger charge is 2.42. The lowest BCUT2D eigenvalue weighted by molar-refractivity contribution is 0.0538. The topological polar surface area (TPSA) is 189 Å². The SMILES string of the molecule is CCCC(O)C(CC(O)C(CCCCCCCc1cccc(OCC(O)CNCCC[Si](OCC)(OCC)OCC)c1)NCCC[Si](OCC)(OCC)OCC)NCCC[Si](OCC)(OCC)OCC. The quantitative estimate of drug-likeness (QED) is 0.0271. The number of aryl methyl sites for hydroxylation is 1. The minimum absolute atomic E-state index is 0.139. The van der Waals surface area contributed by atoms with Gasteiger partial charge in [-0.1, -0.05) is 51.2 Å². The van der Waals surface area contributed by atoms with Crippen LogP contribution in [-0.4, -0.2) is 164 Å². The number of nitrogens with one attached hydrogen (secondary N) is 3. The van der Waals surface area contributed by atoms with E-state index in [2.05, 4.69) is 35.0 Å². The minimum Gasteiger partial charge on any atom is -0.491 e. The van der Waals surface area contributed by atoms with Gasteiger partial charge in [0.2, 0.25) is 0 Å². The van der Waals surface area contributed by atoms with Crippen LogP contribution in [0, 0.1) is 0 Å². The van der Waals surface area contributed by atoms with Crippen molar-refractivity contribution >= 4 is 26.4 Å². The number of ether oxygens (including phenoxy) is 1. The first-order chi connectivity index (χ1) is 33.9. The third-order valence-electron chi connectivity index (χ3n) is 12.0. The summed E-state index contributed by atoms with van der Waals surface area (Å²) in [4.78, 5) is 0. The van der Waals surface area contributed by atoms with Crippen molar-refractivity contribution < 1.29 is 59.9 Å². The van der Waals surface area contributed by atoms with Crippen LogP contribution in [0.4, 0.5) is 0 Å². The van der Waals surface area contributed by atoms with Crippen molar-refractivity contribution in [3.63, 3.8) is 0 Å². The van der Waals surface area contributed by atoms with E-state index in [1.165, 1.54) is 5.56 Å². The standard InChI is InChI=1S/C51H105N3O13Si3/c1-11-30-50(56)49(54-37-29-40-70(65-18-8,66-19-9)67-20-10)42-51(57)48(53-36-28-39-69(62-15-5,63-16-6)64-17-7)34-25-23-21-22-24-31-45-32-26-33-47(41-45)58-44-46(55)43-52-35-27-38-68(59-12-2,60-13-3)61-14-4/h26,32-33,41,46,48-57H,11-25,27-31,34-40,42-44H2,1-10H3. The van der Waals surface area contributed by atoms with Crippen LogP contribution in [0.15, 0.2) is 24.3 Å². The molecule has 6 N–H and O–H groups in total. The monoisotopic (exact) mass is 1050 g/mol. The molecule has 70 heavy (non-hydrogen) atoms. The minimum atomic E-state index is -2.79. The molecule has 0 aliphatic heterocycles. The predicted molar refractivity (Wildman–Crippen MR) is 288 cm³/mol. The Balaban J connectivity index is 2.80. The molecule has 19 heteroatoms. The summed E-state index contributed by atoms with van der Waals surface area (Å²) in [5.74, 6) is 0.768. The Bertz CT molecular complexity index is 1300. The molecule has 0 fully saturated rings. The van der Waals surface area contributed by atoms with E-state index in [9.17, 15) is 15.3 Å². The number of hydrogen-bond donors (Lipinski definition) is 6. The van der Waals surface area contributed by atoms with Crippen LogP contribution in [0.2, 0.25) is 18.1 Å². The van der Waals surface area contributed by atoms with Crippen LogP contribution in [0.5, 0.6) is 5.75 Å². The molecule has 0 aromatic heterocycles. The van der Waals surface area contributed by atoms with Crippen LogP contribution >= 0.6 is 0 Å². The zero-order valence-electron chi connectivity index (χ0n) is 45.8. The molecule has 0 aliphatic rings. The fourth-order valence-corrected chi connectivity index (χ4v) is 16.7. The average Bonchev–Trinajstić information content (AvgIpc) is 3.33. The van der Waals surface area contributed by atoms with Crippen molar-refractivity contribution in [2.75, 3.05) is 92.2 Å². The highest BCUT2D eigenvalue weighted by Crippen LogP contribution is 2.23. The summed E-state index contributed by atoms with van der Waals surface area (Å²) in [6.07, 6.45) is 9.57. The maximum Gasteiger partial charge on any atom is 0.500 e. The van der Waals surface area contributed by atoms with Crippen molar-refractivity contribution in [1.82, 2.24) is 16.0 Å². The lowest BCUT2D eigenvalue weighted by Gasteiger charge is -2.32. The van der Waals surface area contributed by atoms with E-state index >= 15 is 0 Å². The van der Waals surface area contributed by atoms with Gasteiger partial charge in [0.25, 0.3) is 0 Å². The Hall–Kier alpha value is -0.929. The van der Waals surface area contributed by atoms with Crippen molar-refractivity contribution in [3.8, 4) is 5.75 Å². The second-order valence-corrected chi connectivity index (χ2v) is 25.9. The maximum atomic E-state index is 11.9. The first-order valence-electron chi connectivity index (χ1n) is 27.6. The molecule has 0 saturated heterocycles. The number of hydrogen-bond acceptors (Lipinski definition) is 16. The molecule has 0 amide bonds. The number of unbranched alkanes of at least 4 members (excludes halogenated alkanes) is 4. The molecule has 0 heterocycles. The predicted octanol–water partition coefficient (Wildman–Crippen LogP) is 8.04. The van der Waals surface area contributed by atoms with E-state index in [0.717, 1.165) is 89.0 Å². The molecule has 0 bridgehead atoms. The van der Waals surface area contributed by atoms with Gasteiger partial charge in [-0.15, -0.1) is 0 Å². The van der Waals surface area contributed by atoms with Crippen LogP contribution in [-0.2, 0) is 46.3 Å². The van der Waals surface area contributed by atoms with Gasteiger partial charge in [0.1, 0.15) is 18.5 Å². The third kappa shape index (κ3) is 29.2. The number of benzene rings is 1. The highest BCUT2D eigenvalue weighted by atomic mass is 28.4. The fraction of sp³-hybridized carbons (Fsp3) is 0.882. The van der Waals surface area contributed by atoms with Gasteiger partial charge < -0.3 is 75.8 Å². The summed E-state index contributed by atoms with van der Waals surface area (Å²) < 4.78 is 60.4. The zero-order chi connectivity index (χ0) is 51.8. The highest BCUT2D eigenvalue weighted by molar-refractivity contribution is 6.61. The van der Waals surface area contributed by atoms with Crippen LogP contribution in [0.25, 0.3) is 0 Å². The summed E-state index contributed by atoms with van der Waals surface area (Å²) in [5.41, 5.74) is 1.22. The molecule has 5 atom stereocenters. The smallest absolute Gasteiger partial charge is 0.491 e. The summed E-state index contributed by atoms with van der Waals surface area (Å²) in [6, 6.07) is 9.90. The van der Waals surface area contributed by atoms with Crippen molar-refractivity contribution in [2.24, 2.45) is 0 Å². The van der Waals surface area contributed by atoms with Gasteiger partial charge in [-0.25, -0.2) is 0 Å². The second kappa shape index (κ2) is 42.3. The molecule has 1 aromatic carbocycles. The summed E-state index contributed by atoms with van der Waals surface area (Å²) >= 11 is 0. The summed E-state index contributed by atoms with van der Waals surface area (Å²) in [6.45, 7) is 27.4. The van der Waals surface area contributed by atoms with Crippen molar-refractivity contribution in [2.45, 2.75) is 201 Å². The Morgan fingerprint density at radius 1 is 0.486 bits per heavy atom. The maximum absolute atomic E-state index is 11.9. The lowest BCUT2D eigenvalue weighted by atomic mass is 9.93. The van der Waals surface area contributed by atoms with E-state index in [1.807, 2.05) is 74.4 Å². The number of aliphatic hydroxyl groups excluding tert-OH is 3. The summed E-state index contributed by atoms with van der Waals surface area (Å²) in [7, 11) is -8.24. The molecule has 0 radical (unpaired) electrons. The molecule has 1 rings (SSSR count). The molecule has 0 saturated carbocycles. The molecular formula is C51H105N3O13Si3. The van der Waals surface area contributed by atoms with Crippen LogP contribution in [0.1, 0.15) is 152 Å². The van der Waals surface area contributed by atoms with Gasteiger partial charge in [-0.3, -0.25) is 0 Å². The molecule has 16 nitrogen and oxygen atoms in total. The van der Waals surface area contributed by atoms with Gasteiger partial charge >= 0.3 is 26.4 Å². The molecule has 5 unspecified atom stereocenters. The number of rotatable bonds is 51. The first-order valence-corrected chi connectivity index (χ1v) is 33.4. The van der Waals surface area contributed by atoms with Gasteiger partial charge in [0.15, 0.2) is 0 Å². The first kappa shape index (κ1) is 67.1. The van der Waals surface area contributed by atoms with Gasteiger partial charge in [0, 0.05) is 96.2 Å². The van der Waals surface area contributed by atoms with Crippen LogP contribution in [0.3, 0.4) is 0 Å². The zero-order valence-corrected chi connectivity index (χ0v) is 48.8. The summed E-state index contributed by atoms with van der Waals surface area (Å²) in [5, 5.41) is 44.5. The molecular weight excluding hydrogens is 947 g/mol. The van der Waals surface area contributed by atoms with Gasteiger partial charge in [0.05, 0.1) is 12.2 Å². The molecule has 0 aliphatic carbocycles. The van der Waals surface area contributed by atoms with Crippen molar-refractivity contribution in [3.05, 3.63) is 29.8 Å². The van der Waals surface area contributed by atoms with Crippen molar-refractivity contribution in [1.29, 1.82) is 0 Å². The lowest BCUT2D eigenvalue weighted by Crippen LogP contribution is -2.49. The molecule has 0 spiro atoms.